The van der Waals surface area contributed by atoms with E-state index in [0.717, 1.165) is 31.2 Å². The highest BCUT2D eigenvalue weighted by Crippen LogP contribution is 2.23. The van der Waals surface area contributed by atoms with Crippen LogP contribution in [-0.2, 0) is 21.9 Å². The molecule has 0 aliphatic heterocycles. The number of thioether (sulfide) groups is 1. The quantitative estimate of drug-likeness (QED) is 0.487. The van der Waals surface area contributed by atoms with Crippen molar-refractivity contribution < 1.29 is 14.0 Å². The van der Waals surface area contributed by atoms with Gasteiger partial charge in [0, 0.05) is 23.4 Å². The maximum absolute atomic E-state index is 13.9. The Labute approximate surface area is 198 Å². The second-order valence-electron chi connectivity index (χ2n) is 8.11. The average molecular weight is 477 g/mol. The van der Waals surface area contributed by atoms with Crippen LogP contribution < -0.4 is 5.32 Å². The van der Waals surface area contributed by atoms with Crippen LogP contribution in [0.2, 0.25) is 5.02 Å². The Kier molecular flexibility index (Phi) is 9.42. The molecule has 4 nitrogen and oxygen atoms in total. The van der Waals surface area contributed by atoms with Gasteiger partial charge in [-0.3, -0.25) is 9.59 Å². The number of hydrogen-bond donors (Lipinski definition) is 1. The van der Waals surface area contributed by atoms with E-state index in [1.165, 1.54) is 17.8 Å². The van der Waals surface area contributed by atoms with Gasteiger partial charge in [0.1, 0.15) is 11.9 Å². The molecular weight excluding hydrogens is 447 g/mol. The Morgan fingerprint density at radius 2 is 1.78 bits per heavy atom. The van der Waals surface area contributed by atoms with E-state index >= 15 is 0 Å². The van der Waals surface area contributed by atoms with Gasteiger partial charge in [0.2, 0.25) is 11.8 Å². The lowest BCUT2D eigenvalue weighted by Gasteiger charge is -2.31. The summed E-state index contributed by atoms with van der Waals surface area (Å²) < 4.78 is 13.9. The number of halogens is 2. The summed E-state index contributed by atoms with van der Waals surface area (Å²) in [5.41, 5.74) is 1.36. The first-order chi connectivity index (χ1) is 15.5. The maximum Gasteiger partial charge on any atom is 0.243 e. The van der Waals surface area contributed by atoms with Crippen molar-refractivity contribution in [1.82, 2.24) is 10.2 Å². The van der Waals surface area contributed by atoms with Crippen molar-refractivity contribution in [2.45, 2.75) is 63.4 Å². The molecular formula is C25H30ClFN2O2S. The van der Waals surface area contributed by atoms with E-state index < -0.39 is 6.04 Å². The number of carbonyl (C=O) groups is 2. The third-order valence-electron chi connectivity index (χ3n) is 5.83. The highest BCUT2D eigenvalue weighted by atomic mass is 35.5. The molecule has 0 saturated heterocycles. The van der Waals surface area contributed by atoms with Crippen LogP contribution in [-0.4, -0.2) is 34.6 Å². The fraction of sp³-hybridized carbons (Fsp3) is 0.440. The van der Waals surface area contributed by atoms with Gasteiger partial charge in [0.15, 0.2) is 0 Å². The van der Waals surface area contributed by atoms with Crippen molar-refractivity contribution in [2.75, 3.05) is 5.75 Å². The zero-order valence-electron chi connectivity index (χ0n) is 18.4. The molecule has 0 aromatic heterocycles. The van der Waals surface area contributed by atoms with Gasteiger partial charge in [0.25, 0.3) is 0 Å². The minimum Gasteiger partial charge on any atom is -0.352 e. The third-order valence-corrected chi connectivity index (χ3v) is 7.16. The Bertz CT molecular complexity index is 920. The standard InChI is InChI=1S/C25H30ClFN2O2S/c1-2-23(25(31)28-20-11-5-6-12-20)29(15-18-9-3-7-13-21(18)26)24(30)17-32-16-19-10-4-8-14-22(19)27/h3-4,7-10,13-14,20,23H,2,5-6,11-12,15-17H2,1H3,(H,28,31)/t23-/m0/s1. The summed E-state index contributed by atoms with van der Waals surface area (Å²) in [7, 11) is 0. The predicted octanol–water partition coefficient (Wildman–Crippen LogP) is 5.58. The van der Waals surface area contributed by atoms with Gasteiger partial charge in [-0.05, 0) is 42.5 Å². The predicted molar refractivity (Wildman–Crippen MR) is 129 cm³/mol. The van der Waals surface area contributed by atoms with Gasteiger partial charge < -0.3 is 10.2 Å². The Morgan fingerprint density at radius 3 is 2.44 bits per heavy atom. The average Bonchev–Trinajstić information content (AvgIpc) is 3.29. The first kappa shape index (κ1) is 24.6. The monoisotopic (exact) mass is 476 g/mol. The molecule has 1 N–H and O–H groups in total. The largest absolute Gasteiger partial charge is 0.352 e. The molecule has 0 heterocycles. The molecule has 2 aromatic carbocycles. The summed E-state index contributed by atoms with van der Waals surface area (Å²) in [6.45, 7) is 2.17. The van der Waals surface area contributed by atoms with Crippen molar-refractivity contribution in [2.24, 2.45) is 0 Å². The molecule has 3 rings (SSSR count). The lowest BCUT2D eigenvalue weighted by atomic mass is 10.1. The molecule has 1 fully saturated rings. The minimum absolute atomic E-state index is 0.112. The summed E-state index contributed by atoms with van der Waals surface area (Å²) in [6.07, 6.45) is 4.72. The Balaban J connectivity index is 1.72. The second-order valence-corrected chi connectivity index (χ2v) is 9.50. The zero-order chi connectivity index (χ0) is 22.9. The maximum atomic E-state index is 13.9. The molecule has 0 bridgehead atoms. The lowest BCUT2D eigenvalue weighted by Crippen LogP contribution is -2.51. The van der Waals surface area contributed by atoms with Crippen LogP contribution in [0.25, 0.3) is 0 Å². The molecule has 1 saturated carbocycles. The smallest absolute Gasteiger partial charge is 0.243 e. The molecule has 7 heteroatoms. The third kappa shape index (κ3) is 6.72. The molecule has 172 valence electrons. The van der Waals surface area contributed by atoms with Gasteiger partial charge in [-0.25, -0.2) is 4.39 Å². The molecule has 0 spiro atoms. The number of nitrogens with one attached hydrogen (secondary N) is 1. The summed E-state index contributed by atoms with van der Waals surface area (Å²) in [5, 5.41) is 3.70. The number of rotatable bonds is 10. The number of hydrogen-bond acceptors (Lipinski definition) is 3. The Morgan fingerprint density at radius 1 is 1.12 bits per heavy atom. The first-order valence-corrected chi connectivity index (χ1v) is 12.7. The van der Waals surface area contributed by atoms with E-state index in [9.17, 15) is 14.0 Å². The van der Waals surface area contributed by atoms with Crippen LogP contribution in [0, 0.1) is 5.82 Å². The highest BCUT2D eigenvalue weighted by molar-refractivity contribution is 7.99. The van der Waals surface area contributed by atoms with Crippen molar-refractivity contribution in [3.63, 3.8) is 0 Å². The van der Waals surface area contributed by atoms with Crippen LogP contribution in [0.1, 0.15) is 50.2 Å². The molecule has 1 aliphatic rings. The van der Waals surface area contributed by atoms with E-state index in [1.807, 2.05) is 25.1 Å². The van der Waals surface area contributed by atoms with Crippen LogP contribution in [0.5, 0.6) is 0 Å². The van der Waals surface area contributed by atoms with E-state index in [4.69, 9.17) is 11.6 Å². The minimum atomic E-state index is -0.576. The van der Waals surface area contributed by atoms with Crippen LogP contribution in [0.4, 0.5) is 4.39 Å². The van der Waals surface area contributed by atoms with Gasteiger partial charge in [0.05, 0.1) is 5.75 Å². The van der Waals surface area contributed by atoms with Crippen molar-refractivity contribution in [1.29, 1.82) is 0 Å². The fourth-order valence-electron chi connectivity index (χ4n) is 4.04. The molecule has 2 amide bonds. The van der Waals surface area contributed by atoms with E-state index in [1.54, 1.807) is 29.2 Å². The number of nitrogens with zero attached hydrogens (tertiary/aromatic N) is 1. The summed E-state index contributed by atoms with van der Waals surface area (Å²) >= 11 is 7.70. The van der Waals surface area contributed by atoms with E-state index in [0.29, 0.717) is 22.8 Å². The number of amides is 2. The molecule has 32 heavy (non-hydrogen) atoms. The molecule has 1 aliphatic carbocycles. The summed E-state index contributed by atoms with van der Waals surface area (Å²) in [5.74, 6) is 0.0106. The highest BCUT2D eigenvalue weighted by Gasteiger charge is 2.30. The lowest BCUT2D eigenvalue weighted by molar-refractivity contribution is -0.139. The fourth-order valence-corrected chi connectivity index (χ4v) is 5.14. The van der Waals surface area contributed by atoms with Crippen molar-refractivity contribution in [3.05, 3.63) is 70.5 Å². The normalized spacial score (nSPS) is 14.8. The molecule has 1 atom stereocenters. The summed E-state index contributed by atoms with van der Waals surface area (Å²) in [6, 6.07) is 13.5. The van der Waals surface area contributed by atoms with Crippen LogP contribution in [0.3, 0.4) is 0 Å². The number of carbonyl (C=O) groups excluding carboxylic acids is 2. The zero-order valence-corrected chi connectivity index (χ0v) is 19.9. The van der Waals surface area contributed by atoms with E-state index in [-0.39, 0.29) is 36.0 Å². The van der Waals surface area contributed by atoms with Crippen molar-refractivity contribution in [3.8, 4) is 0 Å². The number of benzene rings is 2. The van der Waals surface area contributed by atoms with Gasteiger partial charge in [-0.2, -0.15) is 0 Å². The van der Waals surface area contributed by atoms with Gasteiger partial charge in [-0.15, -0.1) is 11.8 Å². The first-order valence-electron chi connectivity index (χ1n) is 11.1. The van der Waals surface area contributed by atoms with Crippen molar-refractivity contribution >= 4 is 35.2 Å². The van der Waals surface area contributed by atoms with Gasteiger partial charge >= 0.3 is 0 Å². The molecule has 0 unspecified atom stereocenters. The topological polar surface area (TPSA) is 49.4 Å². The summed E-state index contributed by atoms with van der Waals surface area (Å²) in [4.78, 5) is 28.0. The molecule has 2 aromatic rings. The SMILES string of the molecule is CC[C@@H](C(=O)NC1CCCC1)N(Cc1ccccc1Cl)C(=O)CSCc1ccccc1F. The van der Waals surface area contributed by atoms with Crippen LogP contribution >= 0.6 is 23.4 Å². The van der Waals surface area contributed by atoms with E-state index in [2.05, 4.69) is 5.32 Å². The Hall–Kier alpha value is -2.05. The molecule has 0 radical (unpaired) electrons. The van der Waals surface area contributed by atoms with Crippen LogP contribution in [0.15, 0.2) is 48.5 Å². The van der Waals surface area contributed by atoms with Gasteiger partial charge in [-0.1, -0.05) is 67.8 Å². The second kappa shape index (κ2) is 12.3.